The highest BCUT2D eigenvalue weighted by Gasteiger charge is 2.38. The molecule has 0 N–H and O–H groups in total. The van der Waals surface area contributed by atoms with Crippen molar-refractivity contribution < 1.29 is 14.3 Å². The summed E-state index contributed by atoms with van der Waals surface area (Å²) in [6.45, 7) is 4.55. The van der Waals surface area contributed by atoms with Gasteiger partial charge in [-0.15, -0.1) is 0 Å². The molecule has 1 aromatic carbocycles. The van der Waals surface area contributed by atoms with Crippen LogP contribution in [-0.2, 0) is 4.79 Å². The lowest BCUT2D eigenvalue weighted by Crippen LogP contribution is -2.52. The van der Waals surface area contributed by atoms with Crippen molar-refractivity contribution in [3.63, 3.8) is 0 Å². The zero-order valence-corrected chi connectivity index (χ0v) is 20.5. The molecule has 2 amide bonds. The summed E-state index contributed by atoms with van der Waals surface area (Å²) in [4.78, 5) is 31.3. The highest BCUT2D eigenvalue weighted by atomic mass is 16.5. The molecule has 0 spiro atoms. The first kappa shape index (κ1) is 24.1. The summed E-state index contributed by atoms with van der Waals surface area (Å²) >= 11 is 0. The van der Waals surface area contributed by atoms with E-state index in [-0.39, 0.29) is 24.0 Å². The predicted octanol–water partition coefficient (Wildman–Crippen LogP) is 5.82. The molecular weight excluding hydrogens is 412 g/mol. The Morgan fingerprint density at radius 3 is 2.39 bits per heavy atom. The van der Waals surface area contributed by atoms with Crippen molar-refractivity contribution in [2.45, 2.75) is 103 Å². The fraction of sp³-hybridized carbons (Fsp3) is 0.714. The van der Waals surface area contributed by atoms with E-state index >= 15 is 0 Å². The third kappa shape index (κ3) is 5.91. The number of carbonyl (C=O) groups excluding carboxylic acids is 2. The Morgan fingerprint density at radius 2 is 1.61 bits per heavy atom. The Bertz CT molecular complexity index is 789. The Labute approximate surface area is 199 Å². The van der Waals surface area contributed by atoms with Crippen LogP contribution in [0, 0.1) is 5.92 Å². The molecule has 2 atom stereocenters. The molecule has 0 bridgehead atoms. The van der Waals surface area contributed by atoms with Crippen LogP contribution in [0.3, 0.4) is 0 Å². The molecular formula is C28H42N2O3. The van der Waals surface area contributed by atoms with Crippen LogP contribution in [0.4, 0.5) is 0 Å². The van der Waals surface area contributed by atoms with Gasteiger partial charge in [0.05, 0.1) is 11.6 Å². The van der Waals surface area contributed by atoms with Gasteiger partial charge in [0.1, 0.15) is 11.9 Å². The van der Waals surface area contributed by atoms with Crippen molar-refractivity contribution >= 4 is 11.8 Å². The van der Waals surface area contributed by atoms with Gasteiger partial charge in [-0.2, -0.15) is 0 Å². The molecule has 0 unspecified atom stereocenters. The lowest BCUT2D eigenvalue weighted by atomic mass is 9.89. The van der Waals surface area contributed by atoms with Crippen molar-refractivity contribution in [3.8, 4) is 5.75 Å². The number of benzene rings is 1. The van der Waals surface area contributed by atoms with Crippen molar-refractivity contribution in [2.75, 3.05) is 19.6 Å². The number of rotatable bonds is 3. The van der Waals surface area contributed by atoms with E-state index < -0.39 is 0 Å². The fourth-order valence-electron chi connectivity index (χ4n) is 6.02. The Kier molecular flexibility index (Phi) is 8.69. The zero-order chi connectivity index (χ0) is 23.0. The Balaban J connectivity index is 1.63. The topological polar surface area (TPSA) is 49.9 Å². The minimum absolute atomic E-state index is 0.0411. The van der Waals surface area contributed by atoms with Crippen LogP contribution in [0.25, 0.3) is 0 Å². The second kappa shape index (κ2) is 11.9. The molecule has 0 saturated heterocycles. The van der Waals surface area contributed by atoms with Crippen molar-refractivity contribution in [2.24, 2.45) is 5.92 Å². The molecule has 5 nitrogen and oxygen atoms in total. The van der Waals surface area contributed by atoms with Gasteiger partial charge < -0.3 is 14.5 Å². The van der Waals surface area contributed by atoms with E-state index in [2.05, 4.69) is 11.8 Å². The molecule has 2 aliphatic carbocycles. The number of ether oxygens (including phenoxy) is 1. The highest BCUT2D eigenvalue weighted by Crippen LogP contribution is 2.33. The first-order valence-corrected chi connectivity index (χ1v) is 13.5. The highest BCUT2D eigenvalue weighted by molar-refractivity contribution is 5.97. The normalized spacial score (nSPS) is 25.7. The first-order chi connectivity index (χ1) is 16.2. The summed E-state index contributed by atoms with van der Waals surface area (Å²) in [7, 11) is 0. The molecule has 0 aromatic heterocycles. The van der Waals surface area contributed by atoms with E-state index in [0.717, 1.165) is 90.3 Å². The van der Waals surface area contributed by atoms with Crippen LogP contribution >= 0.6 is 0 Å². The Morgan fingerprint density at radius 1 is 0.909 bits per heavy atom. The summed E-state index contributed by atoms with van der Waals surface area (Å²) in [5.41, 5.74) is 0.668. The van der Waals surface area contributed by atoms with Gasteiger partial charge in [0.15, 0.2) is 0 Å². The number of nitrogens with zero attached hydrogens (tertiary/aromatic N) is 2. The second-order valence-electron chi connectivity index (χ2n) is 10.2. The number of amides is 2. The molecule has 4 rings (SSSR count). The molecule has 2 fully saturated rings. The minimum Gasteiger partial charge on any atom is -0.487 e. The SMILES string of the molecule is CCCN1CCCCCCN(C(=O)C2CCCC2)[C@@H]2CCCC[C@@H]2Oc2ccccc2C1=O. The summed E-state index contributed by atoms with van der Waals surface area (Å²) in [6.07, 6.45) is 13.8. The molecule has 2 saturated carbocycles. The minimum atomic E-state index is -0.0411. The van der Waals surface area contributed by atoms with Crippen LogP contribution in [0.15, 0.2) is 24.3 Å². The molecule has 1 heterocycles. The van der Waals surface area contributed by atoms with Gasteiger partial charge in [-0.1, -0.05) is 51.2 Å². The Hall–Kier alpha value is -2.04. The van der Waals surface area contributed by atoms with Crippen molar-refractivity contribution in [3.05, 3.63) is 29.8 Å². The monoisotopic (exact) mass is 454 g/mol. The molecule has 1 aliphatic heterocycles. The average Bonchev–Trinajstić information content (AvgIpc) is 3.38. The molecule has 1 aromatic rings. The van der Waals surface area contributed by atoms with E-state index in [1.54, 1.807) is 0 Å². The van der Waals surface area contributed by atoms with Crippen LogP contribution in [0.1, 0.15) is 101 Å². The third-order valence-electron chi connectivity index (χ3n) is 7.81. The van der Waals surface area contributed by atoms with Crippen molar-refractivity contribution in [1.29, 1.82) is 0 Å². The second-order valence-corrected chi connectivity index (χ2v) is 10.2. The quantitative estimate of drug-likeness (QED) is 0.578. The van der Waals surface area contributed by atoms with Crippen LogP contribution in [0.5, 0.6) is 5.75 Å². The number of para-hydroxylation sites is 1. The zero-order valence-electron chi connectivity index (χ0n) is 20.5. The third-order valence-corrected chi connectivity index (χ3v) is 7.81. The maximum atomic E-state index is 13.6. The number of hydrogen-bond acceptors (Lipinski definition) is 3. The van der Waals surface area contributed by atoms with E-state index in [9.17, 15) is 9.59 Å². The smallest absolute Gasteiger partial charge is 0.257 e. The van der Waals surface area contributed by atoms with Gasteiger partial charge >= 0.3 is 0 Å². The summed E-state index contributed by atoms with van der Waals surface area (Å²) in [5, 5.41) is 0. The number of hydrogen-bond donors (Lipinski definition) is 0. The summed E-state index contributed by atoms with van der Waals surface area (Å²) < 4.78 is 6.64. The van der Waals surface area contributed by atoms with Gasteiger partial charge in [0.25, 0.3) is 5.91 Å². The van der Waals surface area contributed by atoms with Gasteiger partial charge in [0.2, 0.25) is 5.91 Å². The molecule has 3 aliphatic rings. The molecule has 5 heteroatoms. The van der Waals surface area contributed by atoms with Crippen molar-refractivity contribution in [1.82, 2.24) is 9.80 Å². The first-order valence-electron chi connectivity index (χ1n) is 13.5. The van der Waals surface area contributed by atoms with E-state index in [4.69, 9.17) is 4.74 Å². The fourth-order valence-corrected chi connectivity index (χ4v) is 6.02. The summed E-state index contributed by atoms with van der Waals surface area (Å²) in [6, 6.07) is 7.86. The van der Waals surface area contributed by atoms with Gasteiger partial charge in [0, 0.05) is 25.6 Å². The van der Waals surface area contributed by atoms with Gasteiger partial charge in [-0.05, 0) is 63.5 Å². The van der Waals surface area contributed by atoms with Crippen LogP contribution in [0.2, 0.25) is 0 Å². The predicted molar refractivity (Wildman–Crippen MR) is 131 cm³/mol. The van der Waals surface area contributed by atoms with E-state index in [1.165, 1.54) is 12.8 Å². The van der Waals surface area contributed by atoms with Crippen LogP contribution in [-0.4, -0.2) is 53.4 Å². The molecule has 182 valence electrons. The van der Waals surface area contributed by atoms with E-state index in [0.29, 0.717) is 17.2 Å². The average molecular weight is 455 g/mol. The van der Waals surface area contributed by atoms with Gasteiger partial charge in [-0.25, -0.2) is 0 Å². The maximum Gasteiger partial charge on any atom is 0.257 e. The standard InChI is InChI=1S/C28H42N2O3/c1-2-19-29-20-11-3-4-12-21-30(27(31)22-13-5-6-14-22)24-16-8-10-18-26(24)33-25-17-9-7-15-23(25)28(29)32/h7,9,15,17,22,24,26H,2-6,8,10-14,16,18-21H2,1H3/t24-,26+/m1/s1. The summed E-state index contributed by atoms with van der Waals surface area (Å²) in [5.74, 6) is 1.32. The maximum absolute atomic E-state index is 13.6. The van der Waals surface area contributed by atoms with Gasteiger partial charge in [-0.3, -0.25) is 9.59 Å². The number of carbonyl (C=O) groups is 2. The lowest BCUT2D eigenvalue weighted by Gasteiger charge is -2.41. The van der Waals surface area contributed by atoms with Crippen LogP contribution < -0.4 is 4.74 Å². The molecule has 0 radical (unpaired) electrons. The lowest BCUT2D eigenvalue weighted by molar-refractivity contribution is -0.141. The molecule has 33 heavy (non-hydrogen) atoms. The van der Waals surface area contributed by atoms with E-state index in [1.807, 2.05) is 29.2 Å². The number of fused-ring (bicyclic) bond motifs is 2. The largest absolute Gasteiger partial charge is 0.487 e.